The molecule has 1 heterocycles. The average molecular weight is 519 g/mol. The molecule has 0 atom stereocenters. The van der Waals surface area contributed by atoms with Crippen LogP contribution in [0, 0.1) is 0 Å². The molecule has 1 saturated heterocycles. The zero-order chi connectivity index (χ0) is 25.5. The lowest BCUT2D eigenvalue weighted by Crippen LogP contribution is -2.27. The van der Waals surface area contributed by atoms with E-state index < -0.39 is 0 Å². The van der Waals surface area contributed by atoms with E-state index in [9.17, 15) is 9.59 Å². The Morgan fingerprint density at radius 1 is 0.944 bits per heavy atom. The van der Waals surface area contributed by atoms with Crippen LogP contribution in [0.5, 0.6) is 11.5 Å². The number of amides is 2. The highest BCUT2D eigenvalue weighted by Gasteiger charge is 2.33. The van der Waals surface area contributed by atoms with Crippen molar-refractivity contribution in [1.82, 2.24) is 0 Å². The zero-order valence-corrected chi connectivity index (χ0v) is 21.7. The first kappa shape index (κ1) is 25.5. The van der Waals surface area contributed by atoms with Crippen LogP contribution in [0.2, 0.25) is 0 Å². The largest absolute Gasteiger partial charge is 0.494 e. The number of thiocarbonyl (C=S) groups is 1. The van der Waals surface area contributed by atoms with Gasteiger partial charge in [0.2, 0.25) is 0 Å². The van der Waals surface area contributed by atoms with Gasteiger partial charge in [-0.1, -0.05) is 55.2 Å². The summed E-state index contributed by atoms with van der Waals surface area (Å²) in [5.74, 6) is 0.901. The Labute approximate surface area is 220 Å². The first-order valence-corrected chi connectivity index (χ1v) is 12.8. The molecule has 0 bridgehead atoms. The topological polar surface area (TPSA) is 67.9 Å². The van der Waals surface area contributed by atoms with E-state index in [1.165, 1.54) is 22.2 Å². The van der Waals surface area contributed by atoms with Gasteiger partial charge >= 0.3 is 0 Å². The highest BCUT2D eigenvalue weighted by molar-refractivity contribution is 8.27. The van der Waals surface area contributed by atoms with Crippen LogP contribution in [0.15, 0.2) is 77.7 Å². The van der Waals surface area contributed by atoms with Gasteiger partial charge < -0.3 is 14.8 Å². The number of nitrogens with zero attached hydrogens (tertiary/aromatic N) is 1. The van der Waals surface area contributed by atoms with E-state index in [1.807, 2.05) is 67.6 Å². The Hall–Kier alpha value is -3.62. The van der Waals surface area contributed by atoms with Crippen LogP contribution in [0.1, 0.15) is 25.0 Å². The maximum atomic E-state index is 13.0. The minimum atomic E-state index is -0.235. The summed E-state index contributed by atoms with van der Waals surface area (Å²) in [6, 6.07) is 22.2. The second kappa shape index (κ2) is 11.9. The van der Waals surface area contributed by atoms with Crippen LogP contribution in [-0.2, 0) is 16.0 Å². The molecule has 4 rings (SSSR count). The first-order valence-electron chi connectivity index (χ1n) is 11.6. The molecule has 0 radical (unpaired) electrons. The third-order valence-electron chi connectivity index (χ3n) is 5.39. The molecule has 0 unspecified atom stereocenters. The number of carbonyl (C=O) groups excluding carboxylic acids is 2. The molecule has 2 amide bonds. The Morgan fingerprint density at radius 3 is 2.22 bits per heavy atom. The molecule has 6 nitrogen and oxygen atoms in total. The number of aryl methyl sites for hydroxylation is 1. The molecule has 1 fully saturated rings. The van der Waals surface area contributed by atoms with Crippen molar-refractivity contribution in [3.8, 4) is 11.5 Å². The molecule has 8 heteroatoms. The summed E-state index contributed by atoms with van der Waals surface area (Å²) in [6.07, 6.45) is 2.74. The maximum absolute atomic E-state index is 13.0. The smallest absolute Gasteiger partial charge is 0.270 e. The van der Waals surface area contributed by atoms with Crippen LogP contribution in [0.25, 0.3) is 6.08 Å². The molecule has 1 aliphatic rings. The Kier molecular flexibility index (Phi) is 8.40. The third-order valence-corrected chi connectivity index (χ3v) is 6.70. The molecule has 3 aromatic carbocycles. The summed E-state index contributed by atoms with van der Waals surface area (Å²) in [5.41, 5.74) is 3.48. The predicted molar refractivity (Wildman–Crippen MR) is 150 cm³/mol. The molecule has 0 aliphatic carbocycles. The number of anilines is 2. The molecule has 0 spiro atoms. The Morgan fingerprint density at radius 2 is 1.58 bits per heavy atom. The van der Waals surface area contributed by atoms with Crippen molar-refractivity contribution in [3.05, 3.63) is 88.8 Å². The molecular weight excluding hydrogens is 492 g/mol. The second-order valence-corrected chi connectivity index (χ2v) is 9.58. The number of hydrogen-bond acceptors (Lipinski definition) is 6. The van der Waals surface area contributed by atoms with Gasteiger partial charge in [-0.2, -0.15) is 0 Å². The molecular formula is C28H26N2O4S2. The van der Waals surface area contributed by atoms with E-state index in [1.54, 1.807) is 18.2 Å². The fourth-order valence-corrected chi connectivity index (χ4v) is 4.83. The first-order chi connectivity index (χ1) is 17.5. The Bertz CT molecular complexity index is 1270. The number of nitrogens with one attached hydrogen (secondary N) is 1. The van der Waals surface area contributed by atoms with Gasteiger partial charge in [-0.3, -0.25) is 14.5 Å². The van der Waals surface area contributed by atoms with Crippen molar-refractivity contribution in [2.45, 2.75) is 20.3 Å². The fourth-order valence-electron chi connectivity index (χ4n) is 3.53. The van der Waals surface area contributed by atoms with Gasteiger partial charge in [-0.05, 0) is 79.1 Å². The molecule has 0 saturated carbocycles. The monoisotopic (exact) mass is 518 g/mol. The average Bonchev–Trinajstić information content (AvgIpc) is 3.17. The maximum Gasteiger partial charge on any atom is 0.270 e. The predicted octanol–water partition coefficient (Wildman–Crippen LogP) is 6.07. The quantitative estimate of drug-likeness (QED) is 0.274. The van der Waals surface area contributed by atoms with E-state index in [2.05, 4.69) is 12.2 Å². The van der Waals surface area contributed by atoms with Crippen molar-refractivity contribution < 1.29 is 19.1 Å². The normalized spacial score (nSPS) is 14.3. The summed E-state index contributed by atoms with van der Waals surface area (Å²) in [7, 11) is 0. The number of rotatable bonds is 9. The highest BCUT2D eigenvalue weighted by atomic mass is 32.2. The van der Waals surface area contributed by atoms with E-state index in [0.29, 0.717) is 27.3 Å². The van der Waals surface area contributed by atoms with Crippen LogP contribution < -0.4 is 19.7 Å². The standard InChI is InChI=1S/C28H26N2O4S2/c1-3-19-5-9-21(10-6-19)29-26(31)18-34-24-13-7-20(8-14-24)17-25-27(32)30(28(35)36-25)22-11-15-23(16-12-22)33-4-2/h5-17H,3-4,18H2,1-2H3,(H,29,31)/b25-17-. The Balaban J connectivity index is 1.34. The van der Waals surface area contributed by atoms with E-state index in [4.69, 9.17) is 21.7 Å². The lowest BCUT2D eigenvalue weighted by Gasteiger charge is -2.15. The number of benzene rings is 3. The van der Waals surface area contributed by atoms with Gasteiger partial charge in [-0.15, -0.1) is 0 Å². The summed E-state index contributed by atoms with van der Waals surface area (Å²) < 4.78 is 11.5. The van der Waals surface area contributed by atoms with Crippen LogP contribution in [0.3, 0.4) is 0 Å². The van der Waals surface area contributed by atoms with Crippen LogP contribution >= 0.6 is 24.0 Å². The SMILES string of the molecule is CCOc1ccc(N2C(=O)/C(=C/c3ccc(OCC(=O)Nc4ccc(CC)cc4)cc3)SC2=S)cc1. The van der Waals surface area contributed by atoms with E-state index in [-0.39, 0.29) is 18.4 Å². The van der Waals surface area contributed by atoms with Crippen LogP contribution in [-0.4, -0.2) is 29.3 Å². The number of thioether (sulfide) groups is 1. The van der Waals surface area contributed by atoms with Crippen molar-refractivity contribution >= 4 is 57.6 Å². The molecule has 0 aromatic heterocycles. The summed E-state index contributed by atoms with van der Waals surface area (Å²) in [4.78, 5) is 27.3. The number of carbonyl (C=O) groups is 2. The van der Waals surface area contributed by atoms with Crippen molar-refractivity contribution in [2.75, 3.05) is 23.4 Å². The van der Waals surface area contributed by atoms with Gasteiger partial charge in [0.25, 0.3) is 11.8 Å². The van der Waals surface area contributed by atoms with Gasteiger partial charge in [0.15, 0.2) is 10.9 Å². The van der Waals surface area contributed by atoms with Crippen LogP contribution in [0.4, 0.5) is 11.4 Å². The van der Waals surface area contributed by atoms with Crippen molar-refractivity contribution in [3.63, 3.8) is 0 Å². The minimum absolute atomic E-state index is 0.102. The van der Waals surface area contributed by atoms with Gasteiger partial charge in [0.1, 0.15) is 11.5 Å². The molecule has 36 heavy (non-hydrogen) atoms. The van der Waals surface area contributed by atoms with Gasteiger partial charge in [-0.25, -0.2) is 0 Å². The summed E-state index contributed by atoms with van der Waals surface area (Å²) >= 11 is 6.71. The van der Waals surface area contributed by atoms with Gasteiger partial charge in [0.05, 0.1) is 17.2 Å². The highest BCUT2D eigenvalue weighted by Crippen LogP contribution is 2.36. The minimum Gasteiger partial charge on any atom is -0.494 e. The lowest BCUT2D eigenvalue weighted by molar-refractivity contribution is -0.118. The second-order valence-electron chi connectivity index (χ2n) is 7.90. The number of hydrogen-bond donors (Lipinski definition) is 1. The zero-order valence-electron chi connectivity index (χ0n) is 20.0. The van der Waals surface area contributed by atoms with Gasteiger partial charge in [0, 0.05) is 5.69 Å². The lowest BCUT2D eigenvalue weighted by atomic mass is 10.1. The van der Waals surface area contributed by atoms with E-state index in [0.717, 1.165) is 23.4 Å². The molecule has 3 aromatic rings. The molecule has 1 N–H and O–H groups in total. The number of ether oxygens (including phenoxy) is 2. The molecule has 1 aliphatic heterocycles. The fraction of sp³-hybridized carbons (Fsp3) is 0.179. The van der Waals surface area contributed by atoms with Crippen molar-refractivity contribution in [2.24, 2.45) is 0 Å². The molecule has 184 valence electrons. The van der Waals surface area contributed by atoms with Crippen molar-refractivity contribution in [1.29, 1.82) is 0 Å². The third kappa shape index (κ3) is 6.33. The summed E-state index contributed by atoms with van der Waals surface area (Å²) in [5, 5.41) is 2.82. The summed E-state index contributed by atoms with van der Waals surface area (Å²) in [6.45, 7) is 4.48. The van der Waals surface area contributed by atoms with E-state index >= 15 is 0 Å².